The second kappa shape index (κ2) is 11.6. The lowest BCUT2D eigenvalue weighted by atomic mass is 10.0. The number of carbonyl (C=O) groups is 2. The van der Waals surface area contributed by atoms with Gasteiger partial charge in [-0.25, -0.2) is 4.39 Å². The van der Waals surface area contributed by atoms with Crippen molar-refractivity contribution in [3.63, 3.8) is 0 Å². The Morgan fingerprint density at radius 2 is 1.61 bits per heavy atom. The van der Waals surface area contributed by atoms with E-state index in [1.54, 1.807) is 0 Å². The van der Waals surface area contributed by atoms with Crippen LogP contribution in [0.2, 0.25) is 10.0 Å². The van der Waals surface area contributed by atoms with Crippen LogP contribution in [0.4, 0.5) is 23.2 Å². The quantitative estimate of drug-likeness (QED) is 0.217. The molecule has 0 saturated carbocycles. The SMILES string of the molecule is C=C/C(C(=O)NCC(O)(CNC(=O)c1c(Cl)cccc1Cl)C(F)(F)F)=C(/N)N(C)c1ccc(F)cc1. The summed E-state index contributed by atoms with van der Waals surface area (Å²) in [5.41, 5.74) is 2.21. The zero-order chi connectivity index (χ0) is 27.3. The highest BCUT2D eigenvalue weighted by atomic mass is 35.5. The van der Waals surface area contributed by atoms with Gasteiger partial charge in [-0.2, -0.15) is 13.2 Å². The third-order valence-electron chi connectivity index (χ3n) is 5.10. The molecule has 0 heterocycles. The van der Waals surface area contributed by atoms with E-state index in [1.165, 1.54) is 42.3 Å². The van der Waals surface area contributed by atoms with Crippen molar-refractivity contribution in [2.45, 2.75) is 11.8 Å². The topological polar surface area (TPSA) is 108 Å². The molecule has 0 aliphatic rings. The maximum absolute atomic E-state index is 13.7. The van der Waals surface area contributed by atoms with Crippen molar-refractivity contribution in [1.82, 2.24) is 10.6 Å². The third-order valence-corrected chi connectivity index (χ3v) is 5.73. The Morgan fingerprint density at radius 1 is 1.08 bits per heavy atom. The Labute approximate surface area is 214 Å². The first kappa shape index (κ1) is 29.0. The van der Waals surface area contributed by atoms with E-state index >= 15 is 0 Å². The van der Waals surface area contributed by atoms with Crippen molar-refractivity contribution in [1.29, 1.82) is 0 Å². The van der Waals surface area contributed by atoms with Crippen molar-refractivity contribution in [3.8, 4) is 0 Å². The summed E-state index contributed by atoms with van der Waals surface area (Å²) in [4.78, 5) is 26.3. The average Bonchev–Trinajstić information content (AvgIpc) is 2.81. The van der Waals surface area contributed by atoms with Gasteiger partial charge in [-0.3, -0.25) is 9.59 Å². The molecule has 7 nitrogen and oxygen atoms in total. The summed E-state index contributed by atoms with van der Waals surface area (Å²) in [6.07, 6.45) is -4.25. The maximum Gasteiger partial charge on any atom is 0.420 e. The highest BCUT2D eigenvalue weighted by Crippen LogP contribution is 2.30. The second-order valence-corrected chi connectivity index (χ2v) is 8.34. The first-order chi connectivity index (χ1) is 16.7. The van der Waals surface area contributed by atoms with E-state index in [4.69, 9.17) is 28.9 Å². The average molecular weight is 549 g/mol. The van der Waals surface area contributed by atoms with Gasteiger partial charge < -0.3 is 26.4 Å². The van der Waals surface area contributed by atoms with E-state index in [9.17, 15) is 32.3 Å². The van der Waals surface area contributed by atoms with Crippen LogP contribution in [-0.4, -0.2) is 48.8 Å². The zero-order valence-corrected chi connectivity index (χ0v) is 20.3. The molecule has 0 saturated heterocycles. The third kappa shape index (κ3) is 6.68. The van der Waals surface area contributed by atoms with Crippen LogP contribution in [0.15, 0.2) is 66.5 Å². The van der Waals surface area contributed by atoms with E-state index in [-0.39, 0.29) is 27.0 Å². The normalized spacial score (nSPS) is 13.8. The number of anilines is 1. The van der Waals surface area contributed by atoms with Gasteiger partial charge in [-0.05, 0) is 36.4 Å². The molecule has 2 aromatic carbocycles. The van der Waals surface area contributed by atoms with Crippen molar-refractivity contribution in [2.75, 3.05) is 25.0 Å². The minimum atomic E-state index is -5.26. The van der Waals surface area contributed by atoms with Crippen LogP contribution in [0.5, 0.6) is 0 Å². The van der Waals surface area contributed by atoms with Crippen molar-refractivity contribution in [3.05, 3.63) is 87.9 Å². The van der Waals surface area contributed by atoms with Gasteiger partial charge in [0, 0.05) is 12.7 Å². The Morgan fingerprint density at radius 3 is 2.11 bits per heavy atom. The van der Waals surface area contributed by atoms with Crippen LogP contribution in [0, 0.1) is 5.82 Å². The predicted octanol–water partition coefficient (Wildman–Crippen LogP) is 3.76. The molecular formula is C23H22Cl2F4N4O3. The van der Waals surface area contributed by atoms with Crippen LogP contribution in [-0.2, 0) is 4.79 Å². The van der Waals surface area contributed by atoms with E-state index in [0.717, 1.165) is 18.2 Å². The fourth-order valence-electron chi connectivity index (χ4n) is 2.91. The molecule has 194 valence electrons. The molecule has 0 spiro atoms. The van der Waals surface area contributed by atoms with Crippen molar-refractivity contribution >= 4 is 40.7 Å². The van der Waals surface area contributed by atoms with E-state index < -0.39 is 42.5 Å². The number of nitrogens with two attached hydrogens (primary N) is 1. The minimum Gasteiger partial charge on any atom is -0.384 e. The van der Waals surface area contributed by atoms with Gasteiger partial charge in [0.15, 0.2) is 5.60 Å². The molecule has 0 radical (unpaired) electrons. The molecule has 1 unspecified atom stereocenters. The van der Waals surface area contributed by atoms with E-state index in [1.807, 2.05) is 10.6 Å². The summed E-state index contributed by atoms with van der Waals surface area (Å²) in [7, 11) is 1.45. The van der Waals surface area contributed by atoms with Crippen LogP contribution >= 0.6 is 23.2 Å². The number of nitrogens with zero attached hydrogens (tertiary/aromatic N) is 1. The van der Waals surface area contributed by atoms with Crippen LogP contribution in [0.3, 0.4) is 0 Å². The zero-order valence-electron chi connectivity index (χ0n) is 18.8. The standard InChI is InChI=1S/C23H22Cl2F4N4O3/c1-3-15(19(30)33(2)14-9-7-13(26)8-10-14)20(34)31-11-22(36,23(27,28)29)12-32-21(35)18-16(24)5-4-6-17(18)25/h3-10,36H,1,11-12,30H2,2H3,(H,31,34)(H,32,35)/b19-15+. The first-order valence-corrected chi connectivity index (χ1v) is 10.9. The number of hydrogen-bond acceptors (Lipinski definition) is 5. The molecule has 5 N–H and O–H groups in total. The van der Waals surface area contributed by atoms with Gasteiger partial charge in [0.1, 0.15) is 11.6 Å². The Balaban J connectivity index is 2.19. The van der Waals surface area contributed by atoms with Crippen molar-refractivity contribution < 1.29 is 32.3 Å². The van der Waals surface area contributed by atoms with E-state index in [2.05, 4.69) is 6.58 Å². The van der Waals surface area contributed by atoms with Crippen LogP contribution in [0.1, 0.15) is 10.4 Å². The van der Waals surface area contributed by atoms with E-state index in [0.29, 0.717) is 5.69 Å². The summed E-state index contributed by atoms with van der Waals surface area (Å²) in [6, 6.07) is 9.12. The van der Waals surface area contributed by atoms with Gasteiger partial charge in [0.05, 0.1) is 34.3 Å². The predicted molar refractivity (Wildman–Crippen MR) is 129 cm³/mol. The summed E-state index contributed by atoms with van der Waals surface area (Å²) < 4.78 is 54.2. The molecule has 1 atom stereocenters. The number of alkyl halides is 3. The lowest BCUT2D eigenvalue weighted by Crippen LogP contribution is -2.60. The van der Waals surface area contributed by atoms with Crippen LogP contribution < -0.4 is 21.3 Å². The van der Waals surface area contributed by atoms with Gasteiger partial charge in [0.2, 0.25) is 0 Å². The van der Waals surface area contributed by atoms with Gasteiger partial charge in [-0.15, -0.1) is 0 Å². The lowest BCUT2D eigenvalue weighted by Gasteiger charge is -2.31. The highest BCUT2D eigenvalue weighted by Gasteiger charge is 2.54. The number of nitrogens with one attached hydrogen (secondary N) is 2. The molecule has 0 aliphatic heterocycles. The Kier molecular flexibility index (Phi) is 9.36. The Hall–Kier alpha value is -3.28. The molecular weight excluding hydrogens is 527 g/mol. The maximum atomic E-state index is 13.7. The number of hydrogen-bond donors (Lipinski definition) is 4. The largest absolute Gasteiger partial charge is 0.420 e. The molecule has 2 amide bonds. The molecule has 0 bridgehead atoms. The smallest absolute Gasteiger partial charge is 0.384 e. The summed E-state index contributed by atoms with van der Waals surface area (Å²) in [6.45, 7) is 0.783. The van der Waals surface area contributed by atoms with Gasteiger partial charge in [0.25, 0.3) is 11.8 Å². The summed E-state index contributed by atoms with van der Waals surface area (Å²) in [5, 5.41) is 14.0. The number of aliphatic hydroxyl groups is 1. The molecule has 13 heteroatoms. The molecule has 0 aliphatic carbocycles. The Bertz CT molecular complexity index is 1150. The number of carbonyl (C=O) groups excluding carboxylic acids is 2. The number of halogens is 6. The lowest BCUT2D eigenvalue weighted by molar-refractivity contribution is -0.254. The molecule has 0 aromatic heterocycles. The van der Waals surface area contributed by atoms with Crippen molar-refractivity contribution in [2.24, 2.45) is 5.73 Å². The fraction of sp³-hybridized carbons (Fsp3) is 0.217. The molecule has 2 aromatic rings. The second-order valence-electron chi connectivity index (χ2n) is 7.53. The fourth-order valence-corrected chi connectivity index (χ4v) is 3.48. The van der Waals surface area contributed by atoms with Gasteiger partial charge in [-0.1, -0.05) is 41.9 Å². The number of amides is 2. The summed E-state index contributed by atoms with van der Waals surface area (Å²) in [5.74, 6) is -2.85. The number of benzene rings is 2. The van der Waals surface area contributed by atoms with Crippen LogP contribution in [0.25, 0.3) is 0 Å². The summed E-state index contributed by atoms with van der Waals surface area (Å²) >= 11 is 11.8. The highest BCUT2D eigenvalue weighted by molar-refractivity contribution is 6.39. The number of rotatable bonds is 9. The monoisotopic (exact) mass is 548 g/mol. The molecule has 2 rings (SSSR count). The minimum absolute atomic E-state index is 0.106. The first-order valence-electron chi connectivity index (χ1n) is 10.1. The van der Waals surface area contributed by atoms with Gasteiger partial charge >= 0.3 is 6.18 Å². The molecule has 36 heavy (non-hydrogen) atoms. The molecule has 0 fully saturated rings.